The van der Waals surface area contributed by atoms with Gasteiger partial charge in [-0.15, -0.1) is 0 Å². The van der Waals surface area contributed by atoms with E-state index in [0.717, 1.165) is 16.5 Å². The van der Waals surface area contributed by atoms with Gasteiger partial charge in [0.15, 0.2) is 12.1 Å². The highest BCUT2D eigenvalue weighted by atomic mass is 79.9. The van der Waals surface area contributed by atoms with Gasteiger partial charge in [-0.2, -0.15) is 0 Å². The Morgan fingerprint density at radius 2 is 2.11 bits per heavy atom. The normalized spacial score (nSPS) is 10.7. The molecule has 0 aliphatic carbocycles. The molecule has 3 aromatic rings. The van der Waals surface area contributed by atoms with Crippen LogP contribution in [0.3, 0.4) is 0 Å². The number of pyridine rings is 1. The maximum atomic E-state index is 10.7. The summed E-state index contributed by atoms with van der Waals surface area (Å²) < 4.78 is 0.682. The fraction of sp³-hybridized carbons (Fsp3) is 0. The molecule has 0 bridgehead atoms. The first kappa shape index (κ1) is 11.1. The monoisotopic (exact) mass is 301 g/mol. The Morgan fingerprint density at radius 1 is 1.28 bits per heavy atom. The number of hydrogen-bond acceptors (Lipinski definition) is 3. The fourth-order valence-corrected chi connectivity index (χ4v) is 2.34. The van der Waals surface area contributed by atoms with Gasteiger partial charge >= 0.3 is 0 Å². The molecule has 3 rings (SSSR count). The molecular formula is C13H8BrN3O. The number of rotatable bonds is 2. The van der Waals surface area contributed by atoms with Crippen molar-refractivity contribution in [2.75, 3.05) is 0 Å². The van der Waals surface area contributed by atoms with E-state index in [1.165, 1.54) is 0 Å². The first-order chi connectivity index (χ1) is 8.78. The predicted octanol–water partition coefficient (Wildman–Crippen LogP) is 3.20. The quantitative estimate of drug-likeness (QED) is 0.740. The van der Waals surface area contributed by atoms with E-state index in [-0.39, 0.29) is 0 Å². The second kappa shape index (κ2) is 4.34. The van der Waals surface area contributed by atoms with Gasteiger partial charge in [-0.1, -0.05) is 18.2 Å². The van der Waals surface area contributed by atoms with Crippen LogP contribution in [0.4, 0.5) is 0 Å². The fourth-order valence-electron chi connectivity index (χ4n) is 1.82. The average molecular weight is 302 g/mol. The van der Waals surface area contributed by atoms with Crippen LogP contribution in [0.5, 0.6) is 0 Å². The lowest BCUT2D eigenvalue weighted by molar-refractivity contribution is 0.111. The summed E-state index contributed by atoms with van der Waals surface area (Å²) in [4.78, 5) is 22.1. The predicted molar refractivity (Wildman–Crippen MR) is 72.4 cm³/mol. The van der Waals surface area contributed by atoms with Crippen molar-refractivity contribution < 1.29 is 4.79 Å². The van der Waals surface area contributed by atoms with Crippen molar-refractivity contribution >= 4 is 33.1 Å². The largest absolute Gasteiger partial charge is 0.330 e. The molecular weight excluding hydrogens is 294 g/mol. The summed E-state index contributed by atoms with van der Waals surface area (Å²) in [6.45, 7) is 0. The Hall–Kier alpha value is -2.01. The van der Waals surface area contributed by atoms with Crippen molar-refractivity contribution in [1.29, 1.82) is 0 Å². The van der Waals surface area contributed by atoms with Crippen molar-refractivity contribution in [1.82, 2.24) is 15.0 Å². The van der Waals surface area contributed by atoms with Crippen LogP contribution in [0.15, 0.2) is 41.1 Å². The molecule has 0 aliphatic rings. The lowest BCUT2D eigenvalue weighted by atomic mass is 10.1. The van der Waals surface area contributed by atoms with E-state index in [1.807, 2.05) is 30.3 Å². The van der Waals surface area contributed by atoms with E-state index in [2.05, 4.69) is 30.9 Å². The maximum absolute atomic E-state index is 10.7. The van der Waals surface area contributed by atoms with Crippen LogP contribution in [0.25, 0.3) is 22.2 Å². The molecule has 2 aromatic heterocycles. The number of aldehydes is 1. The molecule has 88 valence electrons. The molecule has 5 heteroatoms. The minimum atomic E-state index is 0.296. The zero-order valence-electron chi connectivity index (χ0n) is 9.22. The second-order valence-corrected chi connectivity index (χ2v) is 4.61. The van der Waals surface area contributed by atoms with Gasteiger partial charge in [-0.3, -0.25) is 9.78 Å². The van der Waals surface area contributed by atoms with E-state index < -0.39 is 0 Å². The lowest BCUT2D eigenvalue weighted by Crippen LogP contribution is -1.84. The summed E-state index contributed by atoms with van der Waals surface area (Å²) in [5.41, 5.74) is 2.49. The number of nitrogens with one attached hydrogen (secondary N) is 1. The third kappa shape index (κ3) is 1.82. The van der Waals surface area contributed by atoms with Gasteiger partial charge in [0.05, 0.1) is 5.52 Å². The van der Waals surface area contributed by atoms with E-state index in [1.54, 1.807) is 6.20 Å². The Labute approximate surface area is 111 Å². The summed E-state index contributed by atoms with van der Waals surface area (Å²) in [6.07, 6.45) is 2.43. The summed E-state index contributed by atoms with van der Waals surface area (Å²) in [5, 5.41) is 1.04. The molecule has 0 aliphatic heterocycles. The number of benzene rings is 1. The standard InChI is InChI=1S/C13H8BrN3O/c14-13-12(16-11(7-18)17-13)9-5-8-3-1-2-4-10(8)15-6-9/h1-7H,(H,16,17). The molecule has 0 amide bonds. The SMILES string of the molecule is O=Cc1nc(-c2cnc3ccccc3c2)c(Br)[nH]1. The van der Waals surface area contributed by atoms with Crippen LogP contribution >= 0.6 is 15.9 Å². The molecule has 0 fully saturated rings. The number of aromatic nitrogens is 3. The van der Waals surface area contributed by atoms with Crippen molar-refractivity contribution in [2.24, 2.45) is 0 Å². The van der Waals surface area contributed by atoms with Crippen LogP contribution in [-0.4, -0.2) is 21.2 Å². The van der Waals surface area contributed by atoms with E-state index in [4.69, 9.17) is 0 Å². The van der Waals surface area contributed by atoms with Crippen molar-refractivity contribution in [3.63, 3.8) is 0 Å². The second-order valence-electron chi connectivity index (χ2n) is 3.82. The molecule has 0 spiro atoms. The number of carbonyl (C=O) groups excluding carboxylic acids is 1. The summed E-state index contributed by atoms with van der Waals surface area (Å²) in [5.74, 6) is 0.296. The third-order valence-corrected chi connectivity index (χ3v) is 3.23. The van der Waals surface area contributed by atoms with Gasteiger partial charge in [0.25, 0.3) is 0 Å². The Balaban J connectivity index is 2.18. The Kier molecular flexibility index (Phi) is 2.68. The van der Waals surface area contributed by atoms with Gasteiger partial charge in [-0.25, -0.2) is 4.98 Å². The van der Waals surface area contributed by atoms with E-state index in [9.17, 15) is 4.79 Å². The lowest BCUT2D eigenvalue weighted by Gasteiger charge is -2.00. The van der Waals surface area contributed by atoms with Crippen LogP contribution in [0, 0.1) is 0 Å². The molecule has 4 nitrogen and oxygen atoms in total. The van der Waals surface area contributed by atoms with Gasteiger partial charge in [0.1, 0.15) is 10.3 Å². The van der Waals surface area contributed by atoms with Crippen LogP contribution < -0.4 is 0 Å². The number of carbonyl (C=O) groups is 1. The van der Waals surface area contributed by atoms with Crippen molar-refractivity contribution in [3.8, 4) is 11.3 Å². The zero-order valence-corrected chi connectivity index (χ0v) is 10.8. The van der Waals surface area contributed by atoms with Gasteiger partial charge in [0.2, 0.25) is 0 Å². The smallest absolute Gasteiger partial charge is 0.185 e. The van der Waals surface area contributed by atoms with Gasteiger partial charge in [0, 0.05) is 17.1 Å². The highest BCUT2D eigenvalue weighted by molar-refractivity contribution is 9.10. The van der Waals surface area contributed by atoms with Crippen molar-refractivity contribution in [2.45, 2.75) is 0 Å². The summed E-state index contributed by atoms with van der Waals surface area (Å²) in [6, 6.07) is 9.86. The van der Waals surface area contributed by atoms with E-state index in [0.29, 0.717) is 22.4 Å². The Morgan fingerprint density at radius 3 is 2.89 bits per heavy atom. The minimum Gasteiger partial charge on any atom is -0.330 e. The molecule has 0 atom stereocenters. The van der Waals surface area contributed by atoms with E-state index >= 15 is 0 Å². The first-order valence-electron chi connectivity index (χ1n) is 5.34. The number of nitrogens with zero attached hydrogens (tertiary/aromatic N) is 2. The average Bonchev–Trinajstić information content (AvgIpc) is 2.79. The van der Waals surface area contributed by atoms with Gasteiger partial charge in [-0.05, 0) is 28.1 Å². The molecule has 2 heterocycles. The molecule has 1 N–H and O–H groups in total. The zero-order chi connectivity index (χ0) is 12.5. The Bertz CT molecular complexity index is 736. The topological polar surface area (TPSA) is 58.6 Å². The molecule has 1 aromatic carbocycles. The minimum absolute atomic E-state index is 0.296. The maximum Gasteiger partial charge on any atom is 0.185 e. The number of aromatic amines is 1. The van der Waals surface area contributed by atoms with Crippen LogP contribution in [0.1, 0.15) is 10.6 Å². The third-order valence-electron chi connectivity index (χ3n) is 2.65. The number of para-hydroxylation sites is 1. The van der Waals surface area contributed by atoms with Crippen LogP contribution in [0.2, 0.25) is 0 Å². The molecule has 0 radical (unpaired) electrons. The van der Waals surface area contributed by atoms with Crippen molar-refractivity contribution in [3.05, 3.63) is 47.0 Å². The summed E-state index contributed by atoms with van der Waals surface area (Å²) in [7, 11) is 0. The number of halogens is 1. The van der Waals surface area contributed by atoms with Gasteiger partial charge < -0.3 is 4.98 Å². The molecule has 18 heavy (non-hydrogen) atoms. The number of fused-ring (bicyclic) bond motifs is 1. The molecule has 0 saturated carbocycles. The first-order valence-corrected chi connectivity index (χ1v) is 6.13. The number of imidazole rings is 1. The summed E-state index contributed by atoms with van der Waals surface area (Å²) >= 11 is 3.35. The molecule has 0 saturated heterocycles. The number of H-pyrrole nitrogens is 1. The number of hydrogen-bond donors (Lipinski definition) is 1. The highest BCUT2D eigenvalue weighted by Gasteiger charge is 2.10. The van der Waals surface area contributed by atoms with Crippen LogP contribution in [-0.2, 0) is 0 Å². The highest BCUT2D eigenvalue weighted by Crippen LogP contribution is 2.27. The molecule has 0 unspecified atom stereocenters.